The highest BCUT2D eigenvalue weighted by Gasteiger charge is 2.65. The van der Waals surface area contributed by atoms with E-state index in [9.17, 15) is 20.4 Å². The van der Waals surface area contributed by atoms with Gasteiger partial charge in [-0.15, -0.1) is 0 Å². The lowest BCUT2D eigenvalue weighted by Crippen LogP contribution is -2.62. The summed E-state index contributed by atoms with van der Waals surface area (Å²) in [7, 11) is 0. The van der Waals surface area contributed by atoms with Crippen LogP contribution in [-0.4, -0.2) is 38.7 Å². The first-order valence-corrected chi connectivity index (χ1v) is 16.0. The van der Waals surface area contributed by atoms with Crippen LogP contribution in [0.4, 0.5) is 0 Å². The summed E-state index contributed by atoms with van der Waals surface area (Å²) in [6, 6.07) is 20.1. The van der Waals surface area contributed by atoms with E-state index in [0.29, 0.717) is 36.0 Å². The first kappa shape index (κ1) is 28.4. The van der Waals surface area contributed by atoms with Crippen LogP contribution in [0.1, 0.15) is 89.7 Å². The van der Waals surface area contributed by atoms with Gasteiger partial charge < -0.3 is 20.4 Å². The molecule has 3 unspecified atom stereocenters. The lowest BCUT2D eigenvalue weighted by Gasteiger charge is -2.63. The average Bonchev–Trinajstić information content (AvgIpc) is 3.32. The van der Waals surface area contributed by atoms with Crippen molar-refractivity contribution in [1.82, 2.24) is 0 Å². The van der Waals surface area contributed by atoms with E-state index in [1.165, 1.54) is 0 Å². The molecule has 0 heterocycles. The van der Waals surface area contributed by atoms with Crippen LogP contribution in [0.3, 0.4) is 0 Å². The molecule has 0 amide bonds. The SMILES string of the molecule is C[C@@H](CCC(O)(c1ccccc1)c1ccccc1)[C@H]1CCC2C3C(C[C@H](O)[C@@]21C)[C@@]1(C)CC[C@@H](O)C[C@H]1C[C@H]3O. The zero-order chi connectivity index (χ0) is 28.3. The van der Waals surface area contributed by atoms with Crippen molar-refractivity contribution in [2.45, 2.75) is 102 Å². The van der Waals surface area contributed by atoms with Gasteiger partial charge in [0.2, 0.25) is 0 Å². The molecule has 6 rings (SSSR count). The van der Waals surface area contributed by atoms with Gasteiger partial charge in [0.25, 0.3) is 0 Å². The third kappa shape index (κ3) is 4.40. The number of hydrogen-bond acceptors (Lipinski definition) is 4. The van der Waals surface area contributed by atoms with Gasteiger partial charge in [-0.05, 0) is 115 Å². The molecular formula is C36H50O4. The minimum Gasteiger partial charge on any atom is -0.393 e. The molecule has 0 bridgehead atoms. The van der Waals surface area contributed by atoms with Crippen LogP contribution in [0.5, 0.6) is 0 Å². The summed E-state index contributed by atoms with van der Waals surface area (Å²) in [5, 5.41) is 46.1. The predicted octanol–water partition coefficient (Wildman–Crippen LogP) is 6.30. The number of aliphatic hydroxyl groups is 4. The highest BCUT2D eigenvalue weighted by atomic mass is 16.3. The summed E-state index contributed by atoms with van der Waals surface area (Å²) < 4.78 is 0. The summed E-state index contributed by atoms with van der Waals surface area (Å²) in [6.45, 7) is 7.04. The molecule has 2 aromatic rings. The molecule has 2 aromatic carbocycles. The maximum Gasteiger partial charge on any atom is 0.115 e. The second-order valence-corrected chi connectivity index (χ2v) is 14.6. The van der Waals surface area contributed by atoms with Crippen molar-refractivity contribution in [2.75, 3.05) is 0 Å². The molecule has 4 fully saturated rings. The Kier molecular flexibility index (Phi) is 7.47. The third-order valence-corrected chi connectivity index (χ3v) is 13.0. The molecule has 40 heavy (non-hydrogen) atoms. The number of benzene rings is 2. The van der Waals surface area contributed by atoms with E-state index in [0.717, 1.165) is 62.5 Å². The Hall–Kier alpha value is -1.72. The van der Waals surface area contributed by atoms with Crippen molar-refractivity contribution in [3.8, 4) is 0 Å². The molecule has 0 aromatic heterocycles. The molecule has 4 saturated carbocycles. The molecule has 11 atom stereocenters. The van der Waals surface area contributed by atoms with Crippen molar-refractivity contribution in [3.05, 3.63) is 71.8 Å². The second-order valence-electron chi connectivity index (χ2n) is 14.6. The Labute approximate surface area is 240 Å². The van der Waals surface area contributed by atoms with Gasteiger partial charge in [0, 0.05) is 0 Å². The van der Waals surface area contributed by atoms with E-state index in [1.807, 2.05) is 60.7 Å². The maximum atomic E-state index is 12.1. The molecule has 0 spiro atoms. The lowest BCUT2D eigenvalue weighted by molar-refractivity contribution is -0.207. The van der Waals surface area contributed by atoms with Crippen LogP contribution in [0.15, 0.2) is 60.7 Å². The monoisotopic (exact) mass is 546 g/mol. The second kappa shape index (κ2) is 10.5. The lowest BCUT2D eigenvalue weighted by atomic mass is 9.43. The summed E-state index contributed by atoms with van der Waals surface area (Å²) in [6.07, 6.45) is 6.85. The van der Waals surface area contributed by atoms with Crippen molar-refractivity contribution in [3.63, 3.8) is 0 Å². The Morgan fingerprint density at radius 3 is 2.08 bits per heavy atom. The van der Waals surface area contributed by atoms with E-state index in [4.69, 9.17) is 0 Å². The van der Waals surface area contributed by atoms with Crippen molar-refractivity contribution in [2.24, 2.45) is 46.3 Å². The topological polar surface area (TPSA) is 80.9 Å². The normalized spacial score (nSPS) is 42.0. The molecule has 4 N–H and O–H groups in total. The summed E-state index contributed by atoms with van der Waals surface area (Å²) in [5.74, 6) is 1.90. The van der Waals surface area contributed by atoms with Gasteiger partial charge in [-0.2, -0.15) is 0 Å². The first-order chi connectivity index (χ1) is 19.1. The van der Waals surface area contributed by atoms with Crippen LogP contribution in [0.25, 0.3) is 0 Å². The van der Waals surface area contributed by atoms with E-state index in [1.54, 1.807) is 0 Å². The van der Waals surface area contributed by atoms with Crippen LogP contribution in [0, 0.1) is 46.3 Å². The summed E-state index contributed by atoms with van der Waals surface area (Å²) in [5.41, 5.74) is 0.666. The molecular weight excluding hydrogens is 496 g/mol. The van der Waals surface area contributed by atoms with Crippen LogP contribution in [0.2, 0.25) is 0 Å². The summed E-state index contributed by atoms with van der Waals surface area (Å²) >= 11 is 0. The van der Waals surface area contributed by atoms with E-state index in [-0.39, 0.29) is 35.1 Å². The largest absolute Gasteiger partial charge is 0.393 e. The zero-order valence-corrected chi connectivity index (χ0v) is 24.6. The number of rotatable bonds is 6. The van der Waals surface area contributed by atoms with E-state index >= 15 is 0 Å². The Balaban J connectivity index is 1.24. The highest BCUT2D eigenvalue weighted by Crippen LogP contribution is 2.68. The van der Waals surface area contributed by atoms with Crippen LogP contribution < -0.4 is 0 Å². The average molecular weight is 547 g/mol. The molecule has 0 aliphatic heterocycles. The molecule has 218 valence electrons. The van der Waals surface area contributed by atoms with Gasteiger partial charge in [0.1, 0.15) is 5.60 Å². The first-order valence-electron chi connectivity index (χ1n) is 16.0. The fourth-order valence-corrected chi connectivity index (χ4v) is 10.7. The highest BCUT2D eigenvalue weighted by molar-refractivity contribution is 5.35. The number of fused-ring (bicyclic) bond motifs is 5. The minimum absolute atomic E-state index is 0.0942. The zero-order valence-electron chi connectivity index (χ0n) is 24.6. The van der Waals surface area contributed by atoms with Gasteiger partial charge in [0.15, 0.2) is 0 Å². The predicted molar refractivity (Wildman–Crippen MR) is 158 cm³/mol. The van der Waals surface area contributed by atoms with Crippen molar-refractivity contribution >= 4 is 0 Å². The molecule has 4 nitrogen and oxygen atoms in total. The Bertz CT molecular complexity index is 1110. The molecule has 4 aliphatic rings. The fraction of sp³-hybridized carbons (Fsp3) is 0.667. The summed E-state index contributed by atoms with van der Waals surface area (Å²) in [4.78, 5) is 0. The molecule has 0 saturated heterocycles. The fourth-order valence-electron chi connectivity index (χ4n) is 10.7. The van der Waals surface area contributed by atoms with E-state index < -0.39 is 5.60 Å². The Morgan fingerprint density at radius 1 is 0.825 bits per heavy atom. The quantitative estimate of drug-likeness (QED) is 0.343. The van der Waals surface area contributed by atoms with Gasteiger partial charge in [0.05, 0.1) is 18.3 Å². The van der Waals surface area contributed by atoms with Gasteiger partial charge >= 0.3 is 0 Å². The standard InChI is InChI=1S/C36H50O4/c1-23(16-19-36(40,24-10-6-4-7-11-24)25-12-8-5-9-13-25)28-14-15-29-33-30(22-32(39)35(28,29)3)34(2)18-17-27(37)20-26(34)21-31(33)38/h4-13,23,26-33,37-40H,14-22H2,1-3H3/t23-,26-,27+,28+,29?,30?,31+,32-,33?,34-,35+/m0/s1. The minimum atomic E-state index is -1.05. The van der Waals surface area contributed by atoms with Gasteiger partial charge in [-0.1, -0.05) is 81.4 Å². The smallest absolute Gasteiger partial charge is 0.115 e. The Morgan fingerprint density at radius 2 is 1.45 bits per heavy atom. The number of hydrogen-bond donors (Lipinski definition) is 4. The van der Waals surface area contributed by atoms with Gasteiger partial charge in [-0.3, -0.25) is 0 Å². The van der Waals surface area contributed by atoms with Crippen molar-refractivity contribution in [1.29, 1.82) is 0 Å². The van der Waals surface area contributed by atoms with Crippen LogP contribution in [-0.2, 0) is 5.60 Å². The molecule has 4 heteroatoms. The maximum absolute atomic E-state index is 12.1. The van der Waals surface area contributed by atoms with Gasteiger partial charge in [-0.25, -0.2) is 0 Å². The molecule has 4 aliphatic carbocycles. The third-order valence-electron chi connectivity index (χ3n) is 13.0. The number of aliphatic hydroxyl groups excluding tert-OH is 3. The van der Waals surface area contributed by atoms with E-state index in [2.05, 4.69) is 20.8 Å². The molecule has 0 radical (unpaired) electrons. The van der Waals surface area contributed by atoms with Crippen molar-refractivity contribution < 1.29 is 20.4 Å². The van der Waals surface area contributed by atoms with Crippen LogP contribution >= 0.6 is 0 Å².